The molecular formula is C24H26F3N5O5. The van der Waals surface area contributed by atoms with Crippen molar-refractivity contribution in [1.82, 2.24) is 19.7 Å². The average Bonchev–Trinajstić information content (AvgIpc) is 3.58. The van der Waals surface area contributed by atoms with E-state index in [0.717, 1.165) is 6.07 Å². The van der Waals surface area contributed by atoms with Gasteiger partial charge < -0.3 is 24.3 Å². The van der Waals surface area contributed by atoms with E-state index in [9.17, 15) is 23.1 Å². The summed E-state index contributed by atoms with van der Waals surface area (Å²) in [5, 5.41) is 17.4. The predicted molar refractivity (Wildman–Crippen MR) is 122 cm³/mol. The fourth-order valence-electron chi connectivity index (χ4n) is 4.88. The summed E-state index contributed by atoms with van der Waals surface area (Å²) in [5.41, 5.74) is 0.812. The van der Waals surface area contributed by atoms with Crippen molar-refractivity contribution in [1.29, 1.82) is 0 Å². The van der Waals surface area contributed by atoms with Crippen LogP contribution in [0.5, 0.6) is 0 Å². The van der Waals surface area contributed by atoms with Crippen LogP contribution in [0.2, 0.25) is 0 Å². The first-order valence-electron chi connectivity index (χ1n) is 11.7. The van der Waals surface area contributed by atoms with Crippen molar-refractivity contribution in [3.05, 3.63) is 59.2 Å². The third-order valence-corrected chi connectivity index (χ3v) is 6.56. The predicted octanol–water partition coefficient (Wildman–Crippen LogP) is 3.19. The lowest BCUT2D eigenvalue weighted by Gasteiger charge is -2.24. The van der Waals surface area contributed by atoms with Gasteiger partial charge in [0.15, 0.2) is 5.79 Å². The summed E-state index contributed by atoms with van der Waals surface area (Å²) < 4.78 is 56.8. The number of aromatic nitrogens is 4. The Bertz CT molecular complexity index is 1300. The molecule has 2 fully saturated rings. The molecule has 0 aromatic carbocycles. The standard InChI is InChI=1S/C24H26F3N5O5/c1-12-6-16(31-32(12)9-14-4-5-18(35-14)24(25,26)27)19(34)15-8-28-11-29-22(15)30-17-7-13(10-33)20-21(17)37-23(2,3)36-20/h4-6,8,11,13,17,20-21,33H,7,9-10H2,1-3H3,(H,28,29,30). The molecule has 0 radical (unpaired) electrons. The van der Waals surface area contributed by atoms with Gasteiger partial charge in [0.1, 0.15) is 29.7 Å². The summed E-state index contributed by atoms with van der Waals surface area (Å²) in [5.74, 6) is -2.16. The number of halogens is 3. The van der Waals surface area contributed by atoms with Crippen molar-refractivity contribution in [3.8, 4) is 0 Å². The van der Waals surface area contributed by atoms with Crippen LogP contribution in [0, 0.1) is 12.8 Å². The second-order valence-corrected chi connectivity index (χ2v) is 9.70. The Balaban J connectivity index is 1.35. The smallest absolute Gasteiger partial charge is 0.449 e. The molecule has 0 bridgehead atoms. The van der Waals surface area contributed by atoms with Gasteiger partial charge in [-0.15, -0.1) is 0 Å². The van der Waals surface area contributed by atoms with Crippen LogP contribution in [0.1, 0.15) is 53.5 Å². The maximum Gasteiger partial charge on any atom is 0.449 e. The summed E-state index contributed by atoms with van der Waals surface area (Å²) in [6.45, 7) is 5.16. The first-order chi connectivity index (χ1) is 17.4. The maximum absolute atomic E-state index is 13.4. The van der Waals surface area contributed by atoms with Gasteiger partial charge in [0.05, 0.1) is 24.3 Å². The highest BCUT2D eigenvalue weighted by atomic mass is 19.4. The van der Waals surface area contributed by atoms with Crippen LogP contribution in [0.3, 0.4) is 0 Å². The van der Waals surface area contributed by atoms with Crippen LogP contribution < -0.4 is 5.32 Å². The highest BCUT2D eigenvalue weighted by Crippen LogP contribution is 2.42. The van der Waals surface area contributed by atoms with Gasteiger partial charge >= 0.3 is 6.18 Å². The normalized spacial score (nSPS) is 24.8. The van der Waals surface area contributed by atoms with Gasteiger partial charge in [-0.2, -0.15) is 18.3 Å². The quantitative estimate of drug-likeness (QED) is 0.451. The molecule has 4 atom stereocenters. The summed E-state index contributed by atoms with van der Waals surface area (Å²) in [7, 11) is 0. The second kappa shape index (κ2) is 9.23. The monoisotopic (exact) mass is 521 g/mol. The first-order valence-corrected chi connectivity index (χ1v) is 11.7. The molecule has 5 rings (SSSR count). The summed E-state index contributed by atoms with van der Waals surface area (Å²) >= 11 is 0. The van der Waals surface area contributed by atoms with E-state index in [1.807, 2.05) is 13.8 Å². The number of hydrogen-bond acceptors (Lipinski definition) is 9. The molecule has 1 saturated heterocycles. The number of hydrogen-bond donors (Lipinski definition) is 2. The van der Waals surface area contributed by atoms with E-state index in [4.69, 9.17) is 13.9 Å². The van der Waals surface area contributed by atoms with Gasteiger partial charge in [-0.25, -0.2) is 9.97 Å². The molecule has 13 heteroatoms. The van der Waals surface area contributed by atoms with Crippen LogP contribution in [-0.4, -0.2) is 61.3 Å². The number of carbonyl (C=O) groups excluding carboxylic acids is 1. The van der Waals surface area contributed by atoms with E-state index in [-0.39, 0.29) is 60.2 Å². The highest BCUT2D eigenvalue weighted by molar-refractivity contribution is 6.10. The van der Waals surface area contributed by atoms with Gasteiger partial charge in [0, 0.05) is 24.4 Å². The molecule has 198 valence electrons. The van der Waals surface area contributed by atoms with E-state index in [2.05, 4.69) is 20.4 Å². The number of aliphatic hydroxyl groups excluding tert-OH is 1. The zero-order valence-electron chi connectivity index (χ0n) is 20.3. The number of ether oxygens (including phenoxy) is 2. The third-order valence-electron chi connectivity index (χ3n) is 6.56. The number of aliphatic hydroxyl groups is 1. The Morgan fingerprint density at radius 1 is 1.27 bits per heavy atom. The largest absolute Gasteiger partial charge is 0.455 e. The molecular weight excluding hydrogens is 495 g/mol. The number of nitrogens with one attached hydrogen (secondary N) is 1. The van der Waals surface area contributed by atoms with Crippen molar-refractivity contribution < 1.29 is 37.0 Å². The molecule has 3 aromatic heterocycles. The van der Waals surface area contributed by atoms with Crippen LogP contribution in [0.4, 0.5) is 19.0 Å². The Hall–Kier alpha value is -3.29. The van der Waals surface area contributed by atoms with E-state index < -0.39 is 23.5 Å². The van der Waals surface area contributed by atoms with Crippen molar-refractivity contribution in [2.75, 3.05) is 11.9 Å². The molecule has 4 heterocycles. The van der Waals surface area contributed by atoms with Crippen molar-refractivity contribution >= 4 is 11.6 Å². The lowest BCUT2D eigenvalue weighted by molar-refractivity contribution is -0.158. The number of aryl methyl sites for hydroxylation is 1. The zero-order valence-corrected chi connectivity index (χ0v) is 20.3. The van der Waals surface area contributed by atoms with Crippen LogP contribution in [-0.2, 0) is 22.2 Å². The topological polar surface area (TPSA) is 125 Å². The van der Waals surface area contributed by atoms with E-state index >= 15 is 0 Å². The number of alkyl halides is 3. The number of carbonyl (C=O) groups is 1. The van der Waals surface area contributed by atoms with E-state index in [1.54, 1.807) is 6.92 Å². The SMILES string of the molecule is Cc1cc(C(=O)c2cncnc2NC2CC(CO)C3OC(C)(C)OC23)nn1Cc1ccc(C(F)(F)F)o1. The molecule has 1 aliphatic carbocycles. The van der Waals surface area contributed by atoms with Gasteiger partial charge in [-0.1, -0.05) is 0 Å². The minimum absolute atomic E-state index is 0.0545. The lowest BCUT2D eigenvalue weighted by atomic mass is 10.1. The highest BCUT2D eigenvalue weighted by Gasteiger charge is 2.54. The number of rotatable bonds is 7. The Morgan fingerprint density at radius 2 is 2.03 bits per heavy atom. The molecule has 0 amide bonds. The number of ketones is 1. The van der Waals surface area contributed by atoms with E-state index in [1.165, 1.54) is 29.3 Å². The molecule has 0 spiro atoms. The zero-order chi connectivity index (χ0) is 26.5. The maximum atomic E-state index is 13.4. The number of fused-ring (bicyclic) bond motifs is 1. The van der Waals surface area contributed by atoms with Crippen LogP contribution >= 0.6 is 0 Å². The molecule has 2 N–H and O–H groups in total. The lowest BCUT2D eigenvalue weighted by Crippen LogP contribution is -2.35. The van der Waals surface area contributed by atoms with Crippen molar-refractivity contribution in [2.45, 2.75) is 63.9 Å². The molecule has 4 unspecified atom stereocenters. The van der Waals surface area contributed by atoms with Gasteiger partial charge in [-0.3, -0.25) is 9.48 Å². The van der Waals surface area contributed by atoms with Crippen LogP contribution in [0.15, 0.2) is 35.1 Å². The van der Waals surface area contributed by atoms with Crippen molar-refractivity contribution in [2.24, 2.45) is 5.92 Å². The Kier molecular flexibility index (Phi) is 6.32. The number of furan rings is 1. The molecule has 1 aliphatic heterocycles. The van der Waals surface area contributed by atoms with Gasteiger partial charge in [0.25, 0.3) is 0 Å². The molecule has 37 heavy (non-hydrogen) atoms. The second-order valence-electron chi connectivity index (χ2n) is 9.70. The Labute approximate surface area is 209 Å². The summed E-state index contributed by atoms with van der Waals surface area (Å²) in [6.07, 6.45) is -1.99. The minimum Gasteiger partial charge on any atom is -0.455 e. The fraction of sp³-hybridized carbons (Fsp3) is 0.500. The van der Waals surface area contributed by atoms with Crippen LogP contribution in [0.25, 0.3) is 0 Å². The summed E-state index contributed by atoms with van der Waals surface area (Å²) in [4.78, 5) is 21.6. The van der Waals surface area contributed by atoms with Gasteiger partial charge in [-0.05, 0) is 45.4 Å². The minimum atomic E-state index is -4.59. The van der Waals surface area contributed by atoms with Crippen molar-refractivity contribution in [3.63, 3.8) is 0 Å². The fourth-order valence-corrected chi connectivity index (χ4v) is 4.88. The third kappa shape index (κ3) is 4.98. The average molecular weight is 521 g/mol. The Morgan fingerprint density at radius 3 is 2.73 bits per heavy atom. The summed E-state index contributed by atoms with van der Waals surface area (Å²) in [6, 6.07) is 3.35. The molecule has 10 nitrogen and oxygen atoms in total. The molecule has 2 aliphatic rings. The molecule has 1 saturated carbocycles. The van der Waals surface area contributed by atoms with E-state index in [0.29, 0.717) is 12.1 Å². The first kappa shape index (κ1) is 25.4. The van der Waals surface area contributed by atoms with Gasteiger partial charge in [0.2, 0.25) is 11.5 Å². The molecule has 3 aromatic rings. The number of anilines is 1. The number of nitrogens with zero attached hydrogens (tertiary/aromatic N) is 4.